The van der Waals surface area contributed by atoms with Gasteiger partial charge in [0.2, 0.25) is 0 Å². The number of carbonyl (C=O) groups excluding carboxylic acids is 1. The van der Waals surface area contributed by atoms with Gasteiger partial charge in [0.1, 0.15) is 10.1 Å². The topological polar surface area (TPSA) is 63.7 Å². The number of amides is 1. The molecule has 1 atom stereocenters. The van der Waals surface area contributed by atoms with Gasteiger partial charge in [-0.2, -0.15) is 0 Å². The van der Waals surface area contributed by atoms with Gasteiger partial charge in [0, 0.05) is 10.0 Å². The molecular weight excluding hydrogens is 434 g/mol. The lowest BCUT2D eigenvalue weighted by atomic mass is 10.1. The molecule has 2 heterocycles. The molecule has 0 N–H and O–H groups in total. The molecule has 0 spiro atoms. The van der Waals surface area contributed by atoms with E-state index in [-0.39, 0.29) is 23.5 Å². The summed E-state index contributed by atoms with van der Waals surface area (Å²) in [5.74, 6) is 0.487. The van der Waals surface area contributed by atoms with Gasteiger partial charge in [-0.15, -0.1) is 0 Å². The molecule has 9 heteroatoms. The molecule has 0 bridgehead atoms. The van der Waals surface area contributed by atoms with Crippen LogP contribution in [-0.2, 0) is 14.6 Å². The molecule has 2 saturated heterocycles. The molecule has 2 aliphatic heterocycles. The number of halogens is 1. The monoisotopic (exact) mass is 447 g/mol. The third-order valence-electron chi connectivity index (χ3n) is 3.88. The van der Waals surface area contributed by atoms with E-state index in [1.165, 1.54) is 16.7 Å². The van der Waals surface area contributed by atoms with E-state index in [1.54, 1.807) is 19.3 Å². The number of rotatable bonds is 3. The van der Waals surface area contributed by atoms with Crippen LogP contribution in [0.4, 0.5) is 0 Å². The number of thioether (sulfide) groups is 1. The van der Waals surface area contributed by atoms with E-state index in [2.05, 4.69) is 15.9 Å². The third kappa shape index (κ3) is 3.54. The maximum atomic E-state index is 12.7. The van der Waals surface area contributed by atoms with E-state index in [1.807, 2.05) is 12.1 Å². The van der Waals surface area contributed by atoms with Crippen molar-refractivity contribution < 1.29 is 17.9 Å². The zero-order valence-corrected chi connectivity index (χ0v) is 16.7. The molecule has 1 aromatic carbocycles. The second kappa shape index (κ2) is 6.78. The van der Waals surface area contributed by atoms with Gasteiger partial charge in [0.15, 0.2) is 9.84 Å². The second-order valence-electron chi connectivity index (χ2n) is 5.49. The summed E-state index contributed by atoms with van der Waals surface area (Å²) in [5.41, 5.74) is 0.756. The zero-order valence-electron chi connectivity index (χ0n) is 12.7. The highest BCUT2D eigenvalue weighted by molar-refractivity contribution is 9.10. The van der Waals surface area contributed by atoms with Crippen LogP contribution in [0.15, 0.2) is 27.6 Å². The average molecular weight is 448 g/mol. The van der Waals surface area contributed by atoms with Gasteiger partial charge in [-0.05, 0) is 30.7 Å². The summed E-state index contributed by atoms with van der Waals surface area (Å²) in [6.07, 6.45) is 2.16. The van der Waals surface area contributed by atoms with Crippen LogP contribution < -0.4 is 4.74 Å². The van der Waals surface area contributed by atoms with Gasteiger partial charge in [0.25, 0.3) is 5.91 Å². The molecule has 0 radical (unpaired) electrons. The minimum absolute atomic E-state index is 0.0209. The summed E-state index contributed by atoms with van der Waals surface area (Å²) in [5, 5.41) is 0. The van der Waals surface area contributed by atoms with Gasteiger partial charge in [-0.3, -0.25) is 9.69 Å². The van der Waals surface area contributed by atoms with Crippen molar-refractivity contribution in [1.29, 1.82) is 0 Å². The van der Waals surface area contributed by atoms with Crippen LogP contribution in [0, 0.1) is 0 Å². The molecule has 0 aliphatic carbocycles. The molecular formula is C15H14BrNO4S3. The fourth-order valence-corrected chi connectivity index (χ4v) is 6.20. The number of thiocarbonyl (C=S) groups is 1. The van der Waals surface area contributed by atoms with Crippen molar-refractivity contribution in [1.82, 2.24) is 4.90 Å². The van der Waals surface area contributed by atoms with E-state index >= 15 is 0 Å². The number of hydrogen-bond acceptors (Lipinski definition) is 6. The van der Waals surface area contributed by atoms with Crippen molar-refractivity contribution in [2.45, 2.75) is 12.5 Å². The van der Waals surface area contributed by atoms with Crippen LogP contribution in [0.5, 0.6) is 5.75 Å². The van der Waals surface area contributed by atoms with Crippen molar-refractivity contribution in [2.24, 2.45) is 0 Å². The minimum atomic E-state index is -3.08. The van der Waals surface area contributed by atoms with Crippen molar-refractivity contribution in [3.63, 3.8) is 0 Å². The number of ether oxygens (including phenoxy) is 1. The maximum Gasteiger partial charge on any atom is 0.266 e. The Morgan fingerprint density at radius 2 is 2.21 bits per heavy atom. The molecule has 3 rings (SSSR count). The number of benzene rings is 1. The van der Waals surface area contributed by atoms with Crippen LogP contribution in [0.2, 0.25) is 0 Å². The first-order valence-corrected chi connectivity index (χ1v) is 11.0. The molecule has 24 heavy (non-hydrogen) atoms. The average Bonchev–Trinajstić information content (AvgIpc) is 2.99. The first kappa shape index (κ1) is 17.9. The summed E-state index contributed by atoms with van der Waals surface area (Å²) in [4.78, 5) is 14.6. The van der Waals surface area contributed by atoms with E-state index in [9.17, 15) is 13.2 Å². The first-order chi connectivity index (χ1) is 11.3. The van der Waals surface area contributed by atoms with Crippen LogP contribution in [-0.4, -0.2) is 48.2 Å². The number of hydrogen-bond donors (Lipinski definition) is 0. The molecule has 2 aliphatic rings. The third-order valence-corrected chi connectivity index (χ3v) is 7.45. The largest absolute Gasteiger partial charge is 0.496 e. The summed E-state index contributed by atoms with van der Waals surface area (Å²) >= 11 is 9.89. The Morgan fingerprint density at radius 1 is 1.46 bits per heavy atom. The zero-order chi connectivity index (χ0) is 17.5. The van der Waals surface area contributed by atoms with Gasteiger partial charge in [-0.1, -0.05) is 39.9 Å². The molecule has 1 amide bonds. The van der Waals surface area contributed by atoms with Gasteiger partial charge >= 0.3 is 0 Å². The number of carbonyl (C=O) groups is 1. The lowest BCUT2D eigenvalue weighted by Crippen LogP contribution is -2.39. The van der Waals surface area contributed by atoms with Crippen molar-refractivity contribution in [2.75, 3.05) is 18.6 Å². The fourth-order valence-electron chi connectivity index (χ4n) is 2.73. The molecule has 1 aromatic rings. The van der Waals surface area contributed by atoms with Crippen molar-refractivity contribution in [3.8, 4) is 5.75 Å². The van der Waals surface area contributed by atoms with E-state index in [0.29, 0.717) is 21.4 Å². The Hall–Kier alpha value is -0.900. The molecule has 0 unspecified atom stereocenters. The van der Waals surface area contributed by atoms with Crippen molar-refractivity contribution >= 4 is 66.1 Å². The van der Waals surface area contributed by atoms with Crippen LogP contribution in [0.3, 0.4) is 0 Å². The normalized spacial score (nSPS) is 24.8. The molecule has 5 nitrogen and oxygen atoms in total. The van der Waals surface area contributed by atoms with Crippen molar-refractivity contribution in [3.05, 3.63) is 33.1 Å². The maximum absolute atomic E-state index is 12.7. The summed E-state index contributed by atoms with van der Waals surface area (Å²) in [6.45, 7) is 0. The summed E-state index contributed by atoms with van der Waals surface area (Å²) < 4.78 is 29.9. The smallest absolute Gasteiger partial charge is 0.266 e. The highest BCUT2D eigenvalue weighted by atomic mass is 79.9. The van der Waals surface area contributed by atoms with Crippen LogP contribution >= 0.6 is 39.9 Å². The number of methoxy groups -OCH3 is 1. The SMILES string of the molecule is COc1ccc(Br)cc1/C=C1/SC(=S)N([C@@H]2CCS(=O)(=O)C2)C1=O. The lowest BCUT2D eigenvalue weighted by Gasteiger charge is -2.20. The Labute approximate surface area is 158 Å². The first-order valence-electron chi connectivity index (χ1n) is 7.12. The van der Waals surface area contributed by atoms with Crippen LogP contribution in [0.25, 0.3) is 6.08 Å². The molecule has 0 aromatic heterocycles. The van der Waals surface area contributed by atoms with E-state index < -0.39 is 9.84 Å². The van der Waals surface area contributed by atoms with Gasteiger partial charge < -0.3 is 4.74 Å². The Kier molecular flexibility index (Phi) is 5.06. The minimum Gasteiger partial charge on any atom is -0.496 e. The molecule has 2 fully saturated rings. The Morgan fingerprint density at radius 3 is 2.83 bits per heavy atom. The number of sulfone groups is 1. The lowest BCUT2D eigenvalue weighted by molar-refractivity contribution is -0.123. The quantitative estimate of drug-likeness (QED) is 0.524. The molecule has 128 valence electrons. The number of nitrogens with zero attached hydrogens (tertiary/aromatic N) is 1. The van der Waals surface area contributed by atoms with Gasteiger partial charge in [0.05, 0.1) is 29.6 Å². The Balaban J connectivity index is 1.91. The highest BCUT2D eigenvalue weighted by Crippen LogP contribution is 2.37. The highest BCUT2D eigenvalue weighted by Gasteiger charge is 2.42. The molecule has 0 saturated carbocycles. The van der Waals surface area contributed by atoms with E-state index in [0.717, 1.165) is 10.0 Å². The predicted octanol–water partition coefficient (Wildman–Crippen LogP) is 2.85. The Bertz CT molecular complexity index is 850. The standard InChI is InChI=1S/C15H14BrNO4S3/c1-21-12-3-2-10(16)6-9(12)7-13-14(18)17(15(22)23-13)11-4-5-24(19,20)8-11/h2-3,6-7,11H,4-5,8H2,1H3/b13-7+/t11-/m1/s1. The fraction of sp³-hybridized carbons (Fsp3) is 0.333. The van der Waals surface area contributed by atoms with Gasteiger partial charge in [-0.25, -0.2) is 8.42 Å². The summed E-state index contributed by atoms with van der Waals surface area (Å²) in [6, 6.07) is 5.15. The second-order valence-corrected chi connectivity index (χ2v) is 10.3. The predicted molar refractivity (Wildman–Crippen MR) is 103 cm³/mol. The summed E-state index contributed by atoms with van der Waals surface area (Å²) in [7, 11) is -1.52. The van der Waals surface area contributed by atoms with E-state index in [4.69, 9.17) is 17.0 Å². The van der Waals surface area contributed by atoms with Crippen LogP contribution in [0.1, 0.15) is 12.0 Å².